The van der Waals surface area contributed by atoms with Gasteiger partial charge in [-0.25, -0.2) is 13.9 Å². The number of fused-ring (bicyclic) bond motifs is 3. The molecule has 1 amide bonds. The van der Waals surface area contributed by atoms with E-state index in [0.29, 0.717) is 16.8 Å². The van der Waals surface area contributed by atoms with Crippen molar-refractivity contribution >= 4 is 44.6 Å². The number of hydrogen-bond donors (Lipinski definition) is 1. The second-order valence-corrected chi connectivity index (χ2v) is 9.18. The molecule has 1 aliphatic rings. The van der Waals surface area contributed by atoms with Crippen LogP contribution in [0.5, 0.6) is 0 Å². The zero-order valence-corrected chi connectivity index (χ0v) is 17.2. The number of nitrogens with one attached hydrogen (secondary N) is 1. The van der Waals surface area contributed by atoms with Crippen LogP contribution < -0.4 is 16.6 Å². The maximum atomic E-state index is 13.1. The Bertz CT molecular complexity index is 1310. The number of hydrogen-bond acceptors (Lipinski definition) is 6. The summed E-state index contributed by atoms with van der Waals surface area (Å²) in [5.74, 6) is 0.0316. The number of rotatable bonds is 5. The Kier molecular flexibility index (Phi) is 4.59. The van der Waals surface area contributed by atoms with Gasteiger partial charge < -0.3 is 5.32 Å². The summed E-state index contributed by atoms with van der Waals surface area (Å²) >= 11 is 2.84. The molecule has 0 atom stereocenters. The second kappa shape index (κ2) is 7.27. The van der Waals surface area contributed by atoms with Gasteiger partial charge in [-0.1, -0.05) is 18.9 Å². The minimum Gasteiger partial charge on any atom is -0.352 e. The van der Waals surface area contributed by atoms with Crippen molar-refractivity contribution in [1.82, 2.24) is 24.1 Å². The highest BCUT2D eigenvalue weighted by atomic mass is 32.1. The van der Waals surface area contributed by atoms with Crippen LogP contribution in [0.15, 0.2) is 38.5 Å². The highest BCUT2D eigenvalue weighted by Crippen LogP contribution is 2.19. The van der Waals surface area contributed by atoms with E-state index in [1.807, 2.05) is 17.5 Å². The molecule has 0 spiro atoms. The summed E-state index contributed by atoms with van der Waals surface area (Å²) in [6.07, 6.45) is 4.18. The quantitative estimate of drug-likeness (QED) is 0.526. The van der Waals surface area contributed by atoms with Crippen molar-refractivity contribution in [3.63, 3.8) is 0 Å². The van der Waals surface area contributed by atoms with E-state index in [-0.39, 0.29) is 29.8 Å². The first-order valence-corrected chi connectivity index (χ1v) is 11.3. The highest BCUT2D eigenvalue weighted by Gasteiger charge is 2.21. The molecule has 4 heterocycles. The molecule has 4 aromatic heterocycles. The molecule has 1 saturated carbocycles. The molecule has 1 aliphatic carbocycles. The van der Waals surface area contributed by atoms with Crippen molar-refractivity contribution in [2.45, 2.75) is 44.8 Å². The summed E-state index contributed by atoms with van der Waals surface area (Å²) in [6, 6.07) is 5.78. The van der Waals surface area contributed by atoms with E-state index in [1.165, 1.54) is 31.6 Å². The summed E-state index contributed by atoms with van der Waals surface area (Å²) in [4.78, 5) is 39.5. The fourth-order valence-corrected chi connectivity index (χ4v) is 5.43. The largest absolute Gasteiger partial charge is 0.352 e. The molecule has 5 rings (SSSR count). The highest BCUT2D eigenvalue weighted by molar-refractivity contribution is 7.17. The molecule has 0 radical (unpaired) electrons. The number of amides is 1. The van der Waals surface area contributed by atoms with Crippen molar-refractivity contribution in [2.24, 2.45) is 0 Å². The zero-order chi connectivity index (χ0) is 20.0. The molecule has 150 valence electrons. The Labute approximate surface area is 173 Å². The zero-order valence-electron chi connectivity index (χ0n) is 15.5. The molecule has 0 bridgehead atoms. The first kappa shape index (κ1) is 18.3. The van der Waals surface area contributed by atoms with Gasteiger partial charge in [-0.15, -0.1) is 27.8 Å². The molecule has 0 aliphatic heterocycles. The van der Waals surface area contributed by atoms with Gasteiger partial charge in [0.2, 0.25) is 11.7 Å². The second-order valence-electron chi connectivity index (χ2n) is 7.23. The van der Waals surface area contributed by atoms with Crippen LogP contribution in [0.4, 0.5) is 0 Å². The molecule has 0 aromatic carbocycles. The summed E-state index contributed by atoms with van der Waals surface area (Å²) in [7, 11) is 0. The number of carbonyl (C=O) groups is 1. The van der Waals surface area contributed by atoms with Crippen molar-refractivity contribution in [3.05, 3.63) is 54.7 Å². The van der Waals surface area contributed by atoms with Crippen molar-refractivity contribution in [3.8, 4) is 0 Å². The minimum atomic E-state index is -0.412. The van der Waals surface area contributed by atoms with Gasteiger partial charge in [0.05, 0.1) is 12.1 Å². The van der Waals surface area contributed by atoms with Gasteiger partial charge in [-0.2, -0.15) is 0 Å². The van der Waals surface area contributed by atoms with Gasteiger partial charge in [-0.05, 0) is 35.7 Å². The Morgan fingerprint density at radius 2 is 2.00 bits per heavy atom. The average molecular weight is 430 g/mol. The Morgan fingerprint density at radius 3 is 2.76 bits per heavy atom. The molecule has 1 N–H and O–H groups in total. The monoisotopic (exact) mass is 429 g/mol. The van der Waals surface area contributed by atoms with Crippen LogP contribution in [0, 0.1) is 0 Å². The Morgan fingerprint density at radius 1 is 1.17 bits per heavy atom. The smallest absolute Gasteiger partial charge is 0.352 e. The molecule has 10 heteroatoms. The fourth-order valence-electron chi connectivity index (χ4n) is 3.92. The van der Waals surface area contributed by atoms with Crippen LogP contribution >= 0.6 is 22.7 Å². The third-order valence-corrected chi connectivity index (χ3v) is 7.05. The van der Waals surface area contributed by atoms with E-state index < -0.39 is 5.69 Å². The lowest BCUT2D eigenvalue weighted by molar-refractivity contribution is -0.122. The van der Waals surface area contributed by atoms with E-state index in [4.69, 9.17) is 0 Å². The van der Waals surface area contributed by atoms with E-state index in [0.717, 1.165) is 35.2 Å². The summed E-state index contributed by atoms with van der Waals surface area (Å²) in [5.41, 5.74) is -0.0572. The van der Waals surface area contributed by atoms with Crippen LogP contribution in [0.25, 0.3) is 16.0 Å². The average Bonchev–Trinajstić information content (AvgIpc) is 3.47. The number of thiophene rings is 2. The predicted molar refractivity (Wildman–Crippen MR) is 113 cm³/mol. The van der Waals surface area contributed by atoms with E-state index >= 15 is 0 Å². The van der Waals surface area contributed by atoms with Gasteiger partial charge in [0, 0.05) is 10.9 Å². The number of nitrogens with zero attached hydrogens (tertiary/aromatic N) is 4. The number of aromatic nitrogens is 4. The lowest BCUT2D eigenvalue weighted by Gasteiger charge is -2.10. The molecule has 1 fully saturated rings. The van der Waals surface area contributed by atoms with Gasteiger partial charge in [-0.3, -0.25) is 14.2 Å². The maximum Gasteiger partial charge on any atom is 0.352 e. The van der Waals surface area contributed by atoms with Crippen LogP contribution in [0.1, 0.15) is 30.6 Å². The third kappa shape index (κ3) is 3.22. The summed E-state index contributed by atoms with van der Waals surface area (Å²) in [5, 5.41) is 11.1. The molecule has 8 nitrogen and oxygen atoms in total. The van der Waals surface area contributed by atoms with Crippen molar-refractivity contribution in [1.29, 1.82) is 0 Å². The Balaban J connectivity index is 1.60. The standard InChI is InChI=1S/C19H19N5O3S2/c25-15(20-12-4-1-2-5-12)11-23-19(27)24-14-7-9-29-16(14)17(26)22(18(24)21-23)10-13-6-3-8-28-13/h3,6-9,12H,1-2,4-5,10-11H2,(H,20,25). The lowest BCUT2D eigenvalue weighted by atomic mass is 10.2. The lowest BCUT2D eigenvalue weighted by Crippen LogP contribution is -2.37. The SMILES string of the molecule is O=C(Cn1nc2n(Cc3cccs3)c(=O)c3sccc3n2c1=O)NC1CCCC1. The normalized spacial score (nSPS) is 14.9. The van der Waals surface area contributed by atoms with E-state index in [2.05, 4.69) is 10.4 Å². The molecule has 0 unspecified atom stereocenters. The fraction of sp³-hybridized carbons (Fsp3) is 0.368. The molecular weight excluding hydrogens is 410 g/mol. The minimum absolute atomic E-state index is 0.157. The summed E-state index contributed by atoms with van der Waals surface area (Å²) in [6.45, 7) is 0.175. The van der Waals surface area contributed by atoms with Gasteiger partial charge in [0.1, 0.15) is 11.2 Å². The molecule has 29 heavy (non-hydrogen) atoms. The van der Waals surface area contributed by atoms with Crippen molar-refractivity contribution in [2.75, 3.05) is 0 Å². The van der Waals surface area contributed by atoms with Crippen molar-refractivity contribution < 1.29 is 4.79 Å². The van der Waals surface area contributed by atoms with Crippen LogP contribution in [-0.4, -0.2) is 30.7 Å². The molecule has 4 aromatic rings. The summed E-state index contributed by atoms with van der Waals surface area (Å²) < 4.78 is 4.61. The molecular formula is C19H19N5O3S2. The van der Waals surface area contributed by atoms with Crippen LogP contribution in [0.2, 0.25) is 0 Å². The van der Waals surface area contributed by atoms with E-state index in [1.54, 1.807) is 11.4 Å². The number of carbonyl (C=O) groups excluding carboxylic acids is 1. The van der Waals surface area contributed by atoms with Crippen LogP contribution in [0.3, 0.4) is 0 Å². The predicted octanol–water partition coefficient (Wildman–Crippen LogP) is 2.04. The van der Waals surface area contributed by atoms with E-state index in [9.17, 15) is 14.4 Å². The maximum absolute atomic E-state index is 13.1. The first-order valence-electron chi connectivity index (χ1n) is 9.53. The topological polar surface area (TPSA) is 90.4 Å². The van der Waals surface area contributed by atoms with Gasteiger partial charge in [0.25, 0.3) is 5.56 Å². The first-order chi connectivity index (χ1) is 14.1. The molecule has 0 saturated heterocycles. The van der Waals surface area contributed by atoms with Crippen LogP contribution in [-0.2, 0) is 17.9 Å². The third-order valence-electron chi connectivity index (χ3n) is 5.30. The Hall–Kier alpha value is -2.72. The van der Waals surface area contributed by atoms with Gasteiger partial charge in [0.15, 0.2) is 0 Å². The van der Waals surface area contributed by atoms with Gasteiger partial charge >= 0.3 is 5.69 Å².